The Labute approximate surface area is 344 Å². The number of methoxy groups -OCH3 is 1. The van der Waals surface area contributed by atoms with Gasteiger partial charge in [0.2, 0.25) is 21.8 Å². The first kappa shape index (κ1) is 39.9. The Kier molecular flexibility index (Phi) is 10.5. The third-order valence-electron chi connectivity index (χ3n) is 12.1. The number of hydrogen-bond acceptors (Lipinski definition) is 12. The number of halogens is 1. The molecule has 0 bridgehead atoms. The number of amides is 4. The molecular formula is C42H46FN5O11S. The minimum Gasteiger partial charge on any atom is -0.493 e. The van der Waals surface area contributed by atoms with Crippen molar-refractivity contribution >= 4 is 66.8 Å². The first-order chi connectivity index (χ1) is 28.9. The molecule has 9 rings (SSSR count). The molecule has 2 aromatic heterocycles. The molecule has 1 saturated heterocycles. The predicted octanol–water partition coefficient (Wildman–Crippen LogP) is 4.52. The number of allylic oxidation sites excluding steroid dienone is 1. The van der Waals surface area contributed by atoms with Crippen LogP contribution >= 0.6 is 0 Å². The normalized spacial score (nSPS) is 27.1. The van der Waals surface area contributed by atoms with Crippen molar-refractivity contribution in [1.29, 1.82) is 0 Å². The zero-order chi connectivity index (χ0) is 41.8. The Hall–Kier alpha value is -5.49. The summed E-state index contributed by atoms with van der Waals surface area (Å²) in [6, 6.07) is 6.81. The van der Waals surface area contributed by atoms with Crippen LogP contribution in [0.1, 0.15) is 64.2 Å². The van der Waals surface area contributed by atoms with Gasteiger partial charge in [-0.25, -0.2) is 22.6 Å². The number of para-hydroxylation sites is 1. The monoisotopic (exact) mass is 847 g/mol. The first-order valence-electron chi connectivity index (χ1n) is 20.5. The molecular weight excluding hydrogens is 802 g/mol. The maximum Gasteiger partial charge on any atom is 0.408 e. The van der Waals surface area contributed by atoms with E-state index in [-0.39, 0.29) is 55.6 Å². The van der Waals surface area contributed by atoms with E-state index in [0.29, 0.717) is 66.1 Å². The summed E-state index contributed by atoms with van der Waals surface area (Å²) in [4.78, 5) is 62.3. The predicted molar refractivity (Wildman–Crippen MR) is 214 cm³/mol. The van der Waals surface area contributed by atoms with E-state index in [4.69, 9.17) is 28.3 Å². The Balaban J connectivity index is 1.07. The van der Waals surface area contributed by atoms with Gasteiger partial charge in [0.15, 0.2) is 22.7 Å². The largest absolute Gasteiger partial charge is 0.493 e. The second kappa shape index (κ2) is 15.8. The highest BCUT2D eigenvalue weighted by molar-refractivity contribution is 7.91. The summed E-state index contributed by atoms with van der Waals surface area (Å²) >= 11 is 0. The van der Waals surface area contributed by atoms with Crippen LogP contribution in [0.3, 0.4) is 0 Å². The van der Waals surface area contributed by atoms with Gasteiger partial charge in [-0.2, -0.15) is 0 Å². The molecule has 5 aliphatic rings. The van der Waals surface area contributed by atoms with Gasteiger partial charge in [0.05, 0.1) is 36.4 Å². The molecule has 0 spiro atoms. The zero-order valence-corrected chi connectivity index (χ0v) is 33.8. The fourth-order valence-electron chi connectivity index (χ4n) is 8.64. The molecule has 2 aliphatic heterocycles. The lowest BCUT2D eigenvalue weighted by atomic mass is 10.1. The van der Waals surface area contributed by atoms with E-state index in [1.54, 1.807) is 24.3 Å². The number of benzene rings is 2. The van der Waals surface area contributed by atoms with Crippen LogP contribution in [0.25, 0.3) is 33.0 Å². The Morgan fingerprint density at radius 3 is 2.63 bits per heavy atom. The average Bonchev–Trinajstić information content (AvgIpc) is 4.03. The van der Waals surface area contributed by atoms with Crippen LogP contribution in [0.15, 0.2) is 53.0 Å². The zero-order valence-electron chi connectivity index (χ0n) is 32.9. The Bertz CT molecular complexity index is 2520. The van der Waals surface area contributed by atoms with Crippen molar-refractivity contribution in [2.45, 2.75) is 99.3 Å². The molecule has 4 fully saturated rings. The lowest BCUT2D eigenvalue weighted by molar-refractivity contribution is -0.142. The topological polar surface area (TPSA) is 205 Å². The van der Waals surface area contributed by atoms with Crippen LogP contribution in [0.2, 0.25) is 0 Å². The molecule has 2 aromatic carbocycles. The van der Waals surface area contributed by atoms with E-state index in [1.165, 1.54) is 30.2 Å². The molecule has 0 radical (unpaired) electrons. The van der Waals surface area contributed by atoms with E-state index in [1.807, 2.05) is 6.08 Å². The number of furan rings is 1. The number of fused-ring (bicyclic) bond motifs is 6. The van der Waals surface area contributed by atoms with Crippen molar-refractivity contribution in [2.75, 3.05) is 26.9 Å². The smallest absolute Gasteiger partial charge is 0.408 e. The summed E-state index contributed by atoms with van der Waals surface area (Å²) in [5, 5.41) is 5.86. The summed E-state index contributed by atoms with van der Waals surface area (Å²) in [6.45, 7) is -0.139. The van der Waals surface area contributed by atoms with Gasteiger partial charge >= 0.3 is 6.09 Å². The van der Waals surface area contributed by atoms with Gasteiger partial charge in [-0.1, -0.05) is 18.2 Å². The summed E-state index contributed by atoms with van der Waals surface area (Å²) in [7, 11) is -2.45. The van der Waals surface area contributed by atoms with Crippen LogP contribution in [-0.4, -0.2) is 104 Å². The maximum atomic E-state index is 14.7. The molecule has 18 heteroatoms. The van der Waals surface area contributed by atoms with Crippen LogP contribution in [0.5, 0.6) is 11.5 Å². The van der Waals surface area contributed by atoms with Crippen molar-refractivity contribution in [3.8, 4) is 11.5 Å². The third kappa shape index (κ3) is 7.70. The molecule has 3 aliphatic carbocycles. The summed E-state index contributed by atoms with van der Waals surface area (Å²) in [5.74, 6) is -2.62. The van der Waals surface area contributed by atoms with Crippen LogP contribution in [0.4, 0.5) is 9.18 Å². The van der Waals surface area contributed by atoms with Crippen LogP contribution in [-0.2, 0) is 33.9 Å². The fourth-order valence-corrected chi connectivity index (χ4v) is 10.0. The molecule has 5 atom stereocenters. The highest BCUT2D eigenvalue weighted by atomic mass is 32.2. The number of pyridine rings is 1. The van der Waals surface area contributed by atoms with Gasteiger partial charge in [0.25, 0.3) is 5.91 Å². The number of rotatable bonds is 8. The fraction of sp³-hybridized carbons (Fsp3) is 0.500. The number of sulfonamides is 1. The third-order valence-corrected chi connectivity index (χ3v) is 13.9. The molecule has 3 saturated carbocycles. The van der Waals surface area contributed by atoms with Gasteiger partial charge in [-0.05, 0) is 82.1 Å². The number of nitrogens with one attached hydrogen (secondary N) is 3. The van der Waals surface area contributed by atoms with Gasteiger partial charge in [0.1, 0.15) is 41.2 Å². The summed E-state index contributed by atoms with van der Waals surface area (Å²) < 4.78 is 72.9. The average molecular weight is 848 g/mol. The molecule has 318 valence electrons. The minimum absolute atomic E-state index is 0.0910. The number of alkyl carbamates (subject to hydrolysis) is 1. The lowest BCUT2D eigenvalue weighted by Crippen LogP contribution is -2.59. The van der Waals surface area contributed by atoms with Gasteiger partial charge < -0.3 is 38.9 Å². The molecule has 4 aromatic rings. The molecule has 4 heterocycles. The summed E-state index contributed by atoms with van der Waals surface area (Å²) in [5.41, 5.74) is -0.323. The number of ether oxygens (including phenoxy) is 4. The minimum atomic E-state index is -3.95. The van der Waals surface area contributed by atoms with Crippen LogP contribution < -0.4 is 24.8 Å². The molecule has 60 heavy (non-hydrogen) atoms. The van der Waals surface area contributed by atoms with Gasteiger partial charge in [-0.3, -0.25) is 19.1 Å². The van der Waals surface area contributed by atoms with E-state index < -0.39 is 74.5 Å². The number of hydrogen-bond donors (Lipinski definition) is 3. The van der Waals surface area contributed by atoms with E-state index in [2.05, 4.69) is 15.4 Å². The standard InChI is InChI=1S/C42H46FN5O11S/c1-55-33-12-7-11-29-34-37(59-35(29)33)36(28-16-13-24(43)18-30(28)44-34)57-26-19-32-38(49)46-42(40(51)47-60(53,54)27-14-15-27)20-23(42)8-3-2-6-17-56-22-31(39(50)48(32)21-26)45-41(52)58-25-9-4-5-10-25/h3,7-8,11-13,16,18,23,25-27,31-32H,2,4-6,9-10,14-15,17,19-22H2,1H3,(H,45,52)(H,46,49)(H,47,51)/b8-3-/t23-,26-,31+,32+,42-/m1/s1. The first-order valence-corrected chi connectivity index (χ1v) is 22.0. The van der Waals surface area contributed by atoms with Crippen molar-refractivity contribution in [3.63, 3.8) is 0 Å². The SMILES string of the molecule is COc1cccc2c1oc1c(O[C@@H]3C[C@H]4C(=O)N[C@]5(C(=O)NS(=O)(=O)C6CC6)C[C@H]5/C=C\CCCOC[C@H](NC(=O)OC5CCCC5)C(=O)N4C3)c3ccc(F)cc3nc12. The number of nitrogens with zero attached hydrogens (tertiary/aromatic N) is 2. The Morgan fingerprint density at radius 1 is 1.03 bits per heavy atom. The Morgan fingerprint density at radius 2 is 1.85 bits per heavy atom. The molecule has 3 N–H and O–H groups in total. The van der Waals surface area contributed by atoms with E-state index in [0.717, 1.165) is 12.8 Å². The van der Waals surface area contributed by atoms with E-state index >= 15 is 0 Å². The van der Waals surface area contributed by atoms with E-state index in [9.17, 15) is 32.0 Å². The van der Waals surface area contributed by atoms with Gasteiger partial charge in [-0.15, -0.1) is 0 Å². The molecule has 4 amide bonds. The number of carbonyl (C=O) groups is 4. The molecule has 16 nitrogen and oxygen atoms in total. The number of carbonyl (C=O) groups excluding carboxylic acids is 4. The quantitative estimate of drug-likeness (QED) is 0.210. The summed E-state index contributed by atoms with van der Waals surface area (Å²) in [6.07, 6.45) is 6.98. The van der Waals surface area contributed by atoms with Crippen molar-refractivity contribution in [2.24, 2.45) is 5.92 Å². The van der Waals surface area contributed by atoms with Gasteiger partial charge in [0, 0.05) is 30.4 Å². The van der Waals surface area contributed by atoms with Crippen LogP contribution in [0, 0.1) is 11.7 Å². The molecule has 0 unspecified atom stereocenters. The van der Waals surface area contributed by atoms with Crippen molar-refractivity contribution < 1.29 is 55.4 Å². The maximum absolute atomic E-state index is 14.7. The second-order valence-corrected chi connectivity index (χ2v) is 18.3. The lowest BCUT2D eigenvalue weighted by Gasteiger charge is -2.29. The van der Waals surface area contributed by atoms with Crippen molar-refractivity contribution in [1.82, 2.24) is 25.2 Å². The number of aromatic nitrogens is 1. The second-order valence-electron chi connectivity index (χ2n) is 16.3. The van der Waals surface area contributed by atoms with Crippen molar-refractivity contribution in [3.05, 3.63) is 54.4 Å². The highest BCUT2D eigenvalue weighted by Crippen LogP contribution is 2.47. The highest BCUT2D eigenvalue weighted by Gasteiger charge is 2.62.